The fraction of sp³-hybridized carbons (Fsp3) is 0.167. The standard InChI is InChI=1S/C18H18FN5/c19-16-7-2-1-5-14(16)8-11-21-17-9-12-22-18(24-17)23-13-15-6-3-4-10-20-15/h1-7,9-10,12H,8,11,13H2,(H2,21,22,23,24). The fourth-order valence-electron chi connectivity index (χ4n) is 2.24. The van der Waals surface area contributed by atoms with E-state index in [1.807, 2.05) is 24.3 Å². The lowest BCUT2D eigenvalue weighted by Crippen LogP contribution is -2.10. The van der Waals surface area contributed by atoms with Crippen molar-refractivity contribution in [3.63, 3.8) is 0 Å². The Morgan fingerprint density at radius 1 is 0.875 bits per heavy atom. The summed E-state index contributed by atoms with van der Waals surface area (Å²) in [5.41, 5.74) is 1.60. The Morgan fingerprint density at radius 3 is 2.58 bits per heavy atom. The van der Waals surface area contributed by atoms with Crippen molar-refractivity contribution in [3.05, 3.63) is 78.0 Å². The Bertz CT molecular complexity index is 779. The van der Waals surface area contributed by atoms with Gasteiger partial charge in [-0.1, -0.05) is 24.3 Å². The molecule has 3 rings (SSSR count). The van der Waals surface area contributed by atoms with Crippen molar-refractivity contribution in [1.29, 1.82) is 0 Å². The van der Waals surface area contributed by atoms with Crippen molar-refractivity contribution in [3.8, 4) is 0 Å². The fourth-order valence-corrected chi connectivity index (χ4v) is 2.24. The van der Waals surface area contributed by atoms with Crippen LogP contribution in [0.3, 0.4) is 0 Å². The molecule has 6 heteroatoms. The maximum Gasteiger partial charge on any atom is 0.224 e. The Hall–Kier alpha value is -3.02. The van der Waals surface area contributed by atoms with E-state index in [1.54, 1.807) is 30.6 Å². The normalized spacial score (nSPS) is 10.4. The topological polar surface area (TPSA) is 62.7 Å². The molecule has 3 aromatic rings. The van der Waals surface area contributed by atoms with Crippen LogP contribution in [0.2, 0.25) is 0 Å². The zero-order valence-electron chi connectivity index (χ0n) is 13.1. The van der Waals surface area contributed by atoms with Crippen LogP contribution in [0.5, 0.6) is 0 Å². The van der Waals surface area contributed by atoms with Gasteiger partial charge >= 0.3 is 0 Å². The minimum Gasteiger partial charge on any atom is -0.370 e. The summed E-state index contributed by atoms with van der Waals surface area (Å²) in [4.78, 5) is 12.8. The van der Waals surface area contributed by atoms with E-state index < -0.39 is 0 Å². The minimum absolute atomic E-state index is 0.181. The SMILES string of the molecule is Fc1ccccc1CCNc1ccnc(NCc2ccccn2)n1. The summed E-state index contributed by atoms with van der Waals surface area (Å²) in [6, 6.07) is 14.3. The van der Waals surface area contributed by atoms with Gasteiger partial charge in [-0.2, -0.15) is 4.98 Å². The smallest absolute Gasteiger partial charge is 0.224 e. The largest absolute Gasteiger partial charge is 0.370 e. The number of rotatable bonds is 7. The van der Waals surface area contributed by atoms with E-state index in [2.05, 4.69) is 25.6 Å². The quantitative estimate of drug-likeness (QED) is 0.699. The summed E-state index contributed by atoms with van der Waals surface area (Å²) in [6.07, 6.45) is 4.02. The maximum atomic E-state index is 13.6. The van der Waals surface area contributed by atoms with Gasteiger partial charge in [0.1, 0.15) is 11.6 Å². The number of halogens is 1. The molecule has 0 unspecified atom stereocenters. The zero-order chi connectivity index (χ0) is 16.6. The van der Waals surface area contributed by atoms with E-state index in [9.17, 15) is 4.39 Å². The van der Waals surface area contributed by atoms with Crippen molar-refractivity contribution in [2.45, 2.75) is 13.0 Å². The zero-order valence-corrected chi connectivity index (χ0v) is 13.1. The molecule has 0 saturated heterocycles. The third-order valence-electron chi connectivity index (χ3n) is 3.47. The lowest BCUT2D eigenvalue weighted by atomic mass is 10.1. The molecule has 1 aromatic carbocycles. The van der Waals surface area contributed by atoms with E-state index >= 15 is 0 Å². The summed E-state index contributed by atoms with van der Waals surface area (Å²) in [7, 11) is 0. The predicted octanol–water partition coefficient (Wildman–Crippen LogP) is 3.28. The first-order valence-electron chi connectivity index (χ1n) is 7.75. The first-order valence-corrected chi connectivity index (χ1v) is 7.75. The molecular formula is C18H18FN5. The van der Waals surface area contributed by atoms with E-state index in [1.165, 1.54) is 6.07 Å². The summed E-state index contributed by atoms with van der Waals surface area (Å²) in [5.74, 6) is 1.04. The Morgan fingerprint density at radius 2 is 1.75 bits per heavy atom. The van der Waals surface area contributed by atoms with Crippen LogP contribution >= 0.6 is 0 Å². The molecule has 24 heavy (non-hydrogen) atoms. The maximum absolute atomic E-state index is 13.6. The van der Waals surface area contributed by atoms with Gasteiger partial charge in [0.25, 0.3) is 0 Å². The molecule has 0 aliphatic carbocycles. The molecule has 2 heterocycles. The van der Waals surface area contributed by atoms with Crippen LogP contribution in [0.4, 0.5) is 16.2 Å². The van der Waals surface area contributed by atoms with Crippen LogP contribution in [0.15, 0.2) is 60.9 Å². The van der Waals surface area contributed by atoms with Gasteiger partial charge in [-0.05, 0) is 36.2 Å². The number of nitrogens with zero attached hydrogens (tertiary/aromatic N) is 3. The van der Waals surface area contributed by atoms with E-state index in [0.717, 1.165) is 5.69 Å². The van der Waals surface area contributed by atoms with Crippen LogP contribution in [0.25, 0.3) is 0 Å². The lowest BCUT2D eigenvalue weighted by molar-refractivity contribution is 0.610. The lowest BCUT2D eigenvalue weighted by Gasteiger charge is -2.08. The molecule has 0 fully saturated rings. The summed E-state index contributed by atoms with van der Waals surface area (Å²) in [5, 5.41) is 6.32. The third kappa shape index (κ3) is 4.49. The molecule has 0 aliphatic heterocycles. The number of benzene rings is 1. The van der Waals surface area contributed by atoms with E-state index in [-0.39, 0.29) is 5.82 Å². The van der Waals surface area contributed by atoms with Crippen molar-refractivity contribution < 1.29 is 4.39 Å². The molecule has 0 radical (unpaired) electrons. The van der Waals surface area contributed by atoms with Crippen LogP contribution < -0.4 is 10.6 Å². The number of anilines is 2. The third-order valence-corrected chi connectivity index (χ3v) is 3.47. The number of hydrogen-bond donors (Lipinski definition) is 2. The number of pyridine rings is 1. The van der Waals surface area contributed by atoms with Gasteiger partial charge in [0.15, 0.2) is 0 Å². The molecule has 2 aromatic heterocycles. The highest BCUT2D eigenvalue weighted by atomic mass is 19.1. The average molecular weight is 323 g/mol. The highest BCUT2D eigenvalue weighted by Gasteiger charge is 2.02. The van der Waals surface area contributed by atoms with Gasteiger partial charge in [0.2, 0.25) is 5.95 Å². The van der Waals surface area contributed by atoms with Gasteiger partial charge in [-0.15, -0.1) is 0 Å². The summed E-state index contributed by atoms with van der Waals surface area (Å²) in [6.45, 7) is 1.15. The summed E-state index contributed by atoms with van der Waals surface area (Å²) >= 11 is 0. The number of nitrogens with one attached hydrogen (secondary N) is 2. The molecule has 0 amide bonds. The molecule has 0 atom stereocenters. The minimum atomic E-state index is -0.181. The second-order valence-electron chi connectivity index (χ2n) is 5.21. The van der Waals surface area contributed by atoms with E-state index in [4.69, 9.17) is 0 Å². The van der Waals surface area contributed by atoms with Crippen molar-refractivity contribution in [1.82, 2.24) is 15.0 Å². The van der Waals surface area contributed by atoms with Crippen LogP contribution in [-0.4, -0.2) is 21.5 Å². The van der Waals surface area contributed by atoms with Crippen LogP contribution in [-0.2, 0) is 13.0 Å². The average Bonchev–Trinajstić information content (AvgIpc) is 2.63. The van der Waals surface area contributed by atoms with Crippen LogP contribution in [0, 0.1) is 5.82 Å². The van der Waals surface area contributed by atoms with Crippen LogP contribution in [0.1, 0.15) is 11.3 Å². The highest BCUT2D eigenvalue weighted by molar-refractivity contribution is 5.40. The monoisotopic (exact) mass is 323 g/mol. The predicted molar refractivity (Wildman–Crippen MR) is 92.2 cm³/mol. The van der Waals surface area contributed by atoms with Gasteiger partial charge in [-0.3, -0.25) is 4.98 Å². The van der Waals surface area contributed by atoms with E-state index in [0.29, 0.717) is 36.8 Å². The molecule has 0 aliphatic rings. The molecule has 0 bridgehead atoms. The van der Waals surface area contributed by atoms with Gasteiger partial charge in [-0.25, -0.2) is 9.37 Å². The Labute approximate surface area is 140 Å². The molecule has 122 valence electrons. The van der Waals surface area contributed by atoms with Gasteiger partial charge in [0, 0.05) is 18.9 Å². The number of hydrogen-bond acceptors (Lipinski definition) is 5. The highest BCUT2D eigenvalue weighted by Crippen LogP contribution is 2.09. The summed E-state index contributed by atoms with van der Waals surface area (Å²) < 4.78 is 13.6. The second-order valence-corrected chi connectivity index (χ2v) is 5.21. The Kier molecular flexibility index (Phi) is 5.29. The molecule has 0 spiro atoms. The molecule has 5 nitrogen and oxygen atoms in total. The van der Waals surface area contributed by atoms with Gasteiger partial charge in [0.05, 0.1) is 12.2 Å². The van der Waals surface area contributed by atoms with Gasteiger partial charge < -0.3 is 10.6 Å². The van der Waals surface area contributed by atoms with Crippen molar-refractivity contribution >= 4 is 11.8 Å². The first-order chi connectivity index (χ1) is 11.8. The van der Waals surface area contributed by atoms with Crippen molar-refractivity contribution in [2.24, 2.45) is 0 Å². The number of aromatic nitrogens is 3. The Balaban J connectivity index is 1.52. The molecular weight excluding hydrogens is 305 g/mol. The second kappa shape index (κ2) is 8.01. The van der Waals surface area contributed by atoms with Crippen molar-refractivity contribution in [2.75, 3.05) is 17.2 Å². The first kappa shape index (κ1) is 15.9. The molecule has 0 saturated carbocycles. The molecule has 2 N–H and O–H groups in total.